The lowest BCUT2D eigenvalue weighted by Gasteiger charge is -2.33. The molecule has 0 radical (unpaired) electrons. The Kier molecular flexibility index (Phi) is 6.69. The lowest BCUT2D eigenvalue weighted by molar-refractivity contribution is 0.0907. The van der Waals surface area contributed by atoms with E-state index in [4.69, 9.17) is 11.6 Å². The van der Waals surface area contributed by atoms with Crippen LogP contribution in [0.25, 0.3) is 0 Å². The number of amides is 1. The molecule has 1 amide bonds. The number of rotatable bonds is 6. The van der Waals surface area contributed by atoms with Crippen LogP contribution in [0.5, 0.6) is 0 Å². The summed E-state index contributed by atoms with van der Waals surface area (Å²) in [5.74, 6) is 0.194. The predicted molar refractivity (Wildman–Crippen MR) is 122 cm³/mol. The lowest BCUT2D eigenvalue weighted by atomic mass is 9.81. The van der Waals surface area contributed by atoms with Gasteiger partial charge in [-0.1, -0.05) is 23.7 Å². The van der Waals surface area contributed by atoms with Gasteiger partial charge in [0.2, 0.25) is 0 Å². The summed E-state index contributed by atoms with van der Waals surface area (Å²) in [5.41, 5.74) is 4.05. The van der Waals surface area contributed by atoms with Crippen molar-refractivity contribution in [1.82, 2.24) is 15.7 Å². The minimum absolute atomic E-state index is 0.0734. The van der Waals surface area contributed by atoms with Gasteiger partial charge in [0.25, 0.3) is 5.91 Å². The molecule has 31 heavy (non-hydrogen) atoms. The molecule has 0 atom stereocenters. The first-order valence-electron chi connectivity index (χ1n) is 9.67. The Morgan fingerprint density at radius 1 is 1.19 bits per heavy atom. The third-order valence-electron chi connectivity index (χ3n) is 4.79. The van der Waals surface area contributed by atoms with Crippen molar-refractivity contribution >= 4 is 46.6 Å². The number of nitrogens with zero attached hydrogens (tertiary/aromatic N) is 3. The number of thiazole rings is 1. The minimum atomic E-state index is -0.362. The average molecular weight is 456 g/mol. The van der Waals surface area contributed by atoms with Crippen LogP contribution in [0.1, 0.15) is 28.2 Å². The highest BCUT2D eigenvalue weighted by Crippen LogP contribution is 2.26. The minimum Gasteiger partial charge on any atom is -0.349 e. The van der Waals surface area contributed by atoms with Gasteiger partial charge in [0, 0.05) is 29.4 Å². The Labute approximate surface area is 187 Å². The van der Waals surface area contributed by atoms with Gasteiger partial charge in [-0.15, -0.1) is 11.3 Å². The van der Waals surface area contributed by atoms with Crippen molar-refractivity contribution in [3.63, 3.8) is 0 Å². The molecule has 0 unspecified atom stereocenters. The standard InChI is InChI=1S/C22H19ClFN5OS/c23-18-3-1-2-4-19(18)28-20(22-25-9-10-31-22)29-26-13-14-11-17(12-14)27-21(30)15-5-7-16(24)8-6-15/h1-10,13-14,17H,11-12H2,(H,27,30)(H,28,29)/b26-13+. The van der Waals surface area contributed by atoms with Crippen LogP contribution in [0.15, 0.2) is 70.2 Å². The fraction of sp³-hybridized carbons (Fsp3) is 0.182. The van der Waals surface area contributed by atoms with E-state index in [1.165, 1.54) is 35.6 Å². The lowest BCUT2D eigenvalue weighted by Crippen LogP contribution is -2.45. The molecule has 2 N–H and O–H groups in total. The number of amidine groups is 1. The molecule has 1 saturated carbocycles. The molecular formula is C22H19ClFN5OS. The Morgan fingerprint density at radius 3 is 2.68 bits per heavy atom. The average Bonchev–Trinajstić information content (AvgIpc) is 3.27. The number of carbonyl (C=O) groups excluding carboxylic acids is 1. The van der Waals surface area contributed by atoms with Crippen molar-refractivity contribution < 1.29 is 9.18 Å². The fourth-order valence-corrected chi connectivity index (χ4v) is 3.85. The number of hydrogen-bond donors (Lipinski definition) is 2. The van der Waals surface area contributed by atoms with Crippen LogP contribution in [0.3, 0.4) is 0 Å². The van der Waals surface area contributed by atoms with Crippen molar-refractivity contribution in [2.24, 2.45) is 16.0 Å². The number of hydrazone groups is 1. The van der Waals surface area contributed by atoms with Gasteiger partial charge in [0.1, 0.15) is 5.82 Å². The van der Waals surface area contributed by atoms with E-state index < -0.39 is 0 Å². The molecule has 0 bridgehead atoms. The van der Waals surface area contributed by atoms with Gasteiger partial charge in [-0.2, -0.15) is 5.10 Å². The number of benzene rings is 2. The van der Waals surface area contributed by atoms with E-state index in [9.17, 15) is 9.18 Å². The van der Waals surface area contributed by atoms with E-state index in [0.717, 1.165) is 12.8 Å². The molecule has 2 aromatic carbocycles. The maximum Gasteiger partial charge on any atom is 0.251 e. The van der Waals surface area contributed by atoms with Crippen LogP contribution in [0.4, 0.5) is 10.1 Å². The quantitative estimate of drug-likeness (QED) is 0.318. The van der Waals surface area contributed by atoms with Crippen molar-refractivity contribution in [1.29, 1.82) is 0 Å². The van der Waals surface area contributed by atoms with Gasteiger partial charge >= 0.3 is 0 Å². The molecule has 4 rings (SSSR count). The van der Waals surface area contributed by atoms with E-state index in [-0.39, 0.29) is 23.7 Å². The van der Waals surface area contributed by atoms with Crippen molar-refractivity contribution in [2.45, 2.75) is 18.9 Å². The third-order valence-corrected chi connectivity index (χ3v) is 5.89. The molecule has 1 aromatic heterocycles. The second kappa shape index (κ2) is 9.80. The van der Waals surface area contributed by atoms with Gasteiger partial charge in [0.05, 0.1) is 10.7 Å². The molecule has 0 aliphatic heterocycles. The van der Waals surface area contributed by atoms with Crippen LogP contribution >= 0.6 is 22.9 Å². The molecule has 1 aliphatic carbocycles. The first-order valence-corrected chi connectivity index (χ1v) is 10.9. The maximum atomic E-state index is 13.0. The number of nitrogens with one attached hydrogen (secondary N) is 2. The number of para-hydroxylation sites is 1. The summed E-state index contributed by atoms with van der Waals surface area (Å²) < 4.78 is 13.0. The van der Waals surface area contributed by atoms with Gasteiger partial charge in [0.15, 0.2) is 10.8 Å². The van der Waals surface area contributed by atoms with E-state index in [0.29, 0.717) is 27.1 Å². The molecule has 158 valence electrons. The molecule has 0 spiro atoms. The normalized spacial score (nSPS) is 18.6. The van der Waals surface area contributed by atoms with E-state index in [1.807, 2.05) is 29.8 Å². The second-order valence-electron chi connectivity index (χ2n) is 7.05. The largest absolute Gasteiger partial charge is 0.349 e. The van der Waals surface area contributed by atoms with Gasteiger partial charge < -0.3 is 5.32 Å². The fourth-order valence-electron chi connectivity index (χ4n) is 3.10. The highest BCUT2D eigenvalue weighted by atomic mass is 35.5. The molecule has 1 heterocycles. The number of halogens is 2. The topological polar surface area (TPSA) is 78.7 Å². The zero-order valence-corrected chi connectivity index (χ0v) is 17.9. The maximum absolute atomic E-state index is 13.0. The summed E-state index contributed by atoms with van der Waals surface area (Å²) >= 11 is 7.66. The molecule has 1 aliphatic rings. The first kappa shape index (κ1) is 21.1. The zero-order chi connectivity index (χ0) is 21.6. The summed E-state index contributed by atoms with van der Waals surface area (Å²) in [6, 6.07) is 12.9. The van der Waals surface area contributed by atoms with Crippen LogP contribution in [-0.2, 0) is 0 Å². The molecule has 6 nitrogen and oxygen atoms in total. The van der Waals surface area contributed by atoms with E-state index >= 15 is 0 Å². The summed E-state index contributed by atoms with van der Waals surface area (Å²) in [6.45, 7) is 0. The monoisotopic (exact) mass is 455 g/mol. The van der Waals surface area contributed by atoms with Gasteiger partial charge in [-0.25, -0.2) is 14.4 Å². The molecule has 1 fully saturated rings. The Balaban J connectivity index is 1.32. The molecule has 0 saturated heterocycles. The van der Waals surface area contributed by atoms with Crippen LogP contribution in [0, 0.1) is 11.7 Å². The summed E-state index contributed by atoms with van der Waals surface area (Å²) in [7, 11) is 0. The SMILES string of the molecule is O=C(NC1CC(/C=N/NC(=Nc2ccccc2Cl)c2nccs2)C1)c1ccc(F)cc1. The van der Waals surface area contributed by atoms with Crippen LogP contribution in [-0.4, -0.2) is 29.0 Å². The zero-order valence-electron chi connectivity index (χ0n) is 16.3. The number of carbonyl (C=O) groups is 1. The summed E-state index contributed by atoms with van der Waals surface area (Å²) in [5, 5.41) is 10.4. The number of aromatic nitrogens is 1. The summed E-state index contributed by atoms with van der Waals surface area (Å²) in [6.07, 6.45) is 5.09. The molecule has 9 heteroatoms. The van der Waals surface area contributed by atoms with E-state index in [1.54, 1.807) is 12.3 Å². The third kappa shape index (κ3) is 5.53. The number of aliphatic imine (C=N–C) groups is 1. The van der Waals surface area contributed by atoms with Gasteiger partial charge in [-0.3, -0.25) is 10.2 Å². The summed E-state index contributed by atoms with van der Waals surface area (Å²) in [4.78, 5) is 21.0. The second-order valence-corrected chi connectivity index (χ2v) is 8.35. The van der Waals surface area contributed by atoms with E-state index in [2.05, 4.69) is 25.8 Å². The Morgan fingerprint density at radius 2 is 1.97 bits per heavy atom. The Bertz CT molecular complexity index is 1100. The highest BCUT2D eigenvalue weighted by Gasteiger charge is 2.29. The van der Waals surface area contributed by atoms with Crippen molar-refractivity contribution in [2.75, 3.05) is 0 Å². The smallest absolute Gasteiger partial charge is 0.251 e. The van der Waals surface area contributed by atoms with Crippen molar-refractivity contribution in [3.05, 3.63) is 81.5 Å². The highest BCUT2D eigenvalue weighted by molar-refractivity contribution is 7.11. The van der Waals surface area contributed by atoms with Crippen LogP contribution in [0.2, 0.25) is 5.02 Å². The first-order chi connectivity index (χ1) is 15.1. The molecular weight excluding hydrogens is 437 g/mol. The van der Waals surface area contributed by atoms with Crippen molar-refractivity contribution in [3.8, 4) is 0 Å². The van der Waals surface area contributed by atoms with Crippen LogP contribution < -0.4 is 10.7 Å². The number of hydrogen-bond acceptors (Lipinski definition) is 5. The predicted octanol–water partition coefficient (Wildman–Crippen LogP) is 4.80. The Hall–Kier alpha value is -3.10. The molecule has 3 aromatic rings. The van der Waals surface area contributed by atoms with Gasteiger partial charge in [-0.05, 0) is 55.2 Å².